The van der Waals surface area contributed by atoms with E-state index in [-0.39, 0.29) is 0 Å². The van der Waals surface area contributed by atoms with E-state index in [9.17, 15) is 0 Å². The second-order valence-electron chi connectivity index (χ2n) is 3.94. The molecule has 2 heterocycles. The van der Waals surface area contributed by atoms with Crippen molar-refractivity contribution in [1.82, 2.24) is 9.97 Å². The van der Waals surface area contributed by atoms with Crippen LogP contribution < -0.4 is 4.90 Å². The number of aromatic nitrogens is 2. The number of anilines is 1. The van der Waals surface area contributed by atoms with Crippen molar-refractivity contribution >= 4 is 39.9 Å². The molecule has 0 radical (unpaired) electrons. The fraction of sp³-hybridized carbons (Fsp3) is 0.333. The average Bonchev–Trinajstić information content (AvgIpc) is 2.82. The van der Waals surface area contributed by atoms with E-state index in [2.05, 4.69) is 61.9 Å². The summed E-state index contributed by atoms with van der Waals surface area (Å²) >= 11 is 4.01. The Bertz CT molecular complexity index is 455. The molecular weight excluding hydrogens is 345 g/mol. The molecule has 1 unspecified atom stereocenters. The van der Waals surface area contributed by atoms with E-state index in [0.29, 0.717) is 6.04 Å². The fourth-order valence-corrected chi connectivity index (χ4v) is 2.65. The lowest BCUT2D eigenvalue weighted by molar-refractivity contribution is 0.670. The van der Waals surface area contributed by atoms with Crippen LogP contribution in [0.5, 0.6) is 0 Å². The van der Waals surface area contributed by atoms with Gasteiger partial charge in [0.05, 0.1) is 0 Å². The summed E-state index contributed by atoms with van der Waals surface area (Å²) in [6, 6.07) is 4.66. The van der Waals surface area contributed by atoms with Crippen molar-refractivity contribution in [1.29, 1.82) is 0 Å². The van der Waals surface area contributed by atoms with Gasteiger partial charge in [-0.15, -0.1) is 11.3 Å². The molecule has 0 bridgehead atoms. The molecule has 0 saturated carbocycles. The number of rotatable bonds is 4. The molecule has 0 spiro atoms. The van der Waals surface area contributed by atoms with Crippen LogP contribution in [0.3, 0.4) is 0 Å². The molecule has 17 heavy (non-hydrogen) atoms. The maximum Gasteiger partial charge on any atom is 0.225 e. The molecule has 0 aliphatic rings. The Morgan fingerprint density at radius 1 is 1.41 bits per heavy atom. The number of nitrogens with zero attached hydrogens (tertiary/aromatic N) is 3. The Kier molecular flexibility index (Phi) is 4.33. The highest BCUT2D eigenvalue weighted by Gasteiger charge is 2.13. The van der Waals surface area contributed by atoms with E-state index in [1.165, 1.54) is 4.88 Å². The largest absolute Gasteiger partial charge is 0.341 e. The first-order chi connectivity index (χ1) is 8.16. The molecule has 2 aromatic rings. The molecule has 0 N–H and O–H groups in total. The van der Waals surface area contributed by atoms with Crippen molar-refractivity contribution in [3.63, 3.8) is 0 Å². The minimum Gasteiger partial charge on any atom is -0.341 e. The lowest BCUT2D eigenvalue weighted by Gasteiger charge is -2.24. The van der Waals surface area contributed by atoms with Crippen molar-refractivity contribution in [2.75, 3.05) is 11.9 Å². The molecule has 3 nitrogen and oxygen atoms in total. The summed E-state index contributed by atoms with van der Waals surface area (Å²) in [5.74, 6) is 0.787. The van der Waals surface area contributed by atoms with Crippen LogP contribution in [0.25, 0.3) is 0 Å². The predicted molar refractivity (Wildman–Crippen MR) is 80.6 cm³/mol. The van der Waals surface area contributed by atoms with Crippen molar-refractivity contribution in [3.8, 4) is 0 Å². The summed E-state index contributed by atoms with van der Waals surface area (Å²) in [7, 11) is 2.04. The normalized spacial score (nSPS) is 12.4. The minimum atomic E-state index is 0.397. The maximum absolute atomic E-state index is 4.34. The van der Waals surface area contributed by atoms with Gasteiger partial charge in [0.1, 0.15) is 0 Å². The second-order valence-corrected chi connectivity index (χ2v) is 6.22. The van der Waals surface area contributed by atoms with Crippen molar-refractivity contribution in [2.45, 2.75) is 19.4 Å². The molecule has 0 aromatic carbocycles. The first-order valence-corrected chi connectivity index (χ1v) is 7.35. The third kappa shape index (κ3) is 3.38. The molecule has 0 aliphatic heterocycles. The van der Waals surface area contributed by atoms with E-state index in [1.807, 2.05) is 19.4 Å². The van der Waals surface area contributed by atoms with Crippen molar-refractivity contribution in [2.24, 2.45) is 0 Å². The van der Waals surface area contributed by atoms with Crippen LogP contribution in [0, 0.1) is 3.57 Å². The van der Waals surface area contributed by atoms with Gasteiger partial charge in [0.15, 0.2) is 0 Å². The van der Waals surface area contributed by atoms with Gasteiger partial charge >= 0.3 is 0 Å². The first-order valence-electron chi connectivity index (χ1n) is 5.39. The zero-order valence-corrected chi connectivity index (χ0v) is 12.8. The van der Waals surface area contributed by atoms with Gasteiger partial charge < -0.3 is 4.90 Å². The molecule has 2 rings (SSSR count). The Morgan fingerprint density at radius 2 is 2.12 bits per heavy atom. The van der Waals surface area contributed by atoms with Gasteiger partial charge in [-0.05, 0) is 41.0 Å². The Balaban J connectivity index is 2.04. The van der Waals surface area contributed by atoms with E-state index >= 15 is 0 Å². The van der Waals surface area contributed by atoms with Gasteiger partial charge in [-0.2, -0.15) is 0 Å². The van der Waals surface area contributed by atoms with Gasteiger partial charge in [0.2, 0.25) is 5.95 Å². The maximum atomic E-state index is 4.34. The van der Waals surface area contributed by atoms with Gasteiger partial charge in [-0.25, -0.2) is 9.97 Å². The molecule has 1 atom stereocenters. The smallest absolute Gasteiger partial charge is 0.225 e. The quantitative estimate of drug-likeness (QED) is 0.785. The molecule has 0 fully saturated rings. The zero-order chi connectivity index (χ0) is 12.3. The lowest BCUT2D eigenvalue weighted by atomic mass is 10.2. The van der Waals surface area contributed by atoms with E-state index in [1.54, 1.807) is 11.3 Å². The highest BCUT2D eigenvalue weighted by molar-refractivity contribution is 14.1. The molecule has 0 saturated heterocycles. The van der Waals surface area contributed by atoms with Crippen LogP contribution in [0.1, 0.15) is 11.8 Å². The Hall–Kier alpha value is -0.690. The molecule has 0 aliphatic carbocycles. The first kappa shape index (κ1) is 12.8. The van der Waals surface area contributed by atoms with Crippen LogP contribution in [-0.4, -0.2) is 23.1 Å². The van der Waals surface area contributed by atoms with Gasteiger partial charge in [-0.1, -0.05) is 6.07 Å². The number of thiophene rings is 1. The van der Waals surface area contributed by atoms with Crippen LogP contribution in [0.15, 0.2) is 29.9 Å². The van der Waals surface area contributed by atoms with Crippen LogP contribution in [0.4, 0.5) is 5.95 Å². The summed E-state index contributed by atoms with van der Waals surface area (Å²) in [6.07, 6.45) is 4.72. The Morgan fingerprint density at radius 3 is 2.71 bits per heavy atom. The van der Waals surface area contributed by atoms with E-state index in [0.717, 1.165) is 15.9 Å². The summed E-state index contributed by atoms with van der Waals surface area (Å²) < 4.78 is 1.06. The summed E-state index contributed by atoms with van der Waals surface area (Å²) in [5.41, 5.74) is 0. The van der Waals surface area contributed by atoms with Gasteiger partial charge in [0, 0.05) is 40.4 Å². The molecule has 2 aromatic heterocycles. The average molecular weight is 359 g/mol. The van der Waals surface area contributed by atoms with E-state index < -0.39 is 0 Å². The van der Waals surface area contributed by atoms with Crippen molar-refractivity contribution in [3.05, 3.63) is 38.4 Å². The second kappa shape index (κ2) is 5.77. The SMILES string of the molecule is CC(Cc1cccs1)N(C)c1ncc(I)cn1. The highest BCUT2D eigenvalue weighted by atomic mass is 127. The lowest BCUT2D eigenvalue weighted by Crippen LogP contribution is -2.31. The zero-order valence-electron chi connectivity index (χ0n) is 9.80. The number of hydrogen-bond acceptors (Lipinski definition) is 4. The third-order valence-corrected chi connectivity index (χ3v) is 4.12. The number of hydrogen-bond donors (Lipinski definition) is 0. The molecule has 0 amide bonds. The molecular formula is C12H14IN3S. The van der Waals surface area contributed by atoms with E-state index in [4.69, 9.17) is 0 Å². The number of likely N-dealkylation sites (N-methyl/N-ethyl adjacent to an activating group) is 1. The highest BCUT2D eigenvalue weighted by Crippen LogP contribution is 2.16. The molecule has 5 heteroatoms. The third-order valence-electron chi connectivity index (χ3n) is 2.66. The van der Waals surface area contributed by atoms with Crippen LogP contribution in [-0.2, 0) is 6.42 Å². The topological polar surface area (TPSA) is 29.0 Å². The monoisotopic (exact) mass is 359 g/mol. The molecule has 90 valence electrons. The summed E-state index contributed by atoms with van der Waals surface area (Å²) in [4.78, 5) is 12.2. The Labute approximate surface area is 119 Å². The predicted octanol–water partition coefficient (Wildman–Crippen LogP) is 3.21. The minimum absolute atomic E-state index is 0.397. The van der Waals surface area contributed by atoms with Crippen LogP contribution in [0.2, 0.25) is 0 Å². The van der Waals surface area contributed by atoms with Gasteiger partial charge in [-0.3, -0.25) is 0 Å². The summed E-state index contributed by atoms with van der Waals surface area (Å²) in [5, 5.41) is 2.11. The number of halogens is 1. The van der Waals surface area contributed by atoms with Crippen LogP contribution >= 0.6 is 33.9 Å². The van der Waals surface area contributed by atoms with Crippen molar-refractivity contribution < 1.29 is 0 Å². The fourth-order valence-electron chi connectivity index (χ4n) is 1.54. The summed E-state index contributed by atoms with van der Waals surface area (Å²) in [6.45, 7) is 2.20. The van der Waals surface area contributed by atoms with Gasteiger partial charge in [0.25, 0.3) is 0 Å². The standard InChI is InChI=1S/C12H14IN3S/c1-9(6-11-4-3-5-17-11)16(2)12-14-7-10(13)8-15-12/h3-5,7-9H,6H2,1-2H3.